The fourth-order valence-corrected chi connectivity index (χ4v) is 4.77. The lowest BCUT2D eigenvalue weighted by atomic mass is 10.00. The minimum absolute atomic E-state index is 0.0136. The van der Waals surface area contributed by atoms with Crippen LogP contribution in [0.5, 0.6) is 0 Å². The molecule has 3 rings (SSSR count). The molecule has 0 spiro atoms. The summed E-state index contributed by atoms with van der Waals surface area (Å²) in [6.45, 7) is 9.80. The molecule has 0 saturated carbocycles. The van der Waals surface area contributed by atoms with E-state index in [1.54, 1.807) is 23.9 Å². The summed E-state index contributed by atoms with van der Waals surface area (Å²) in [5, 5.41) is 3.07. The van der Waals surface area contributed by atoms with Gasteiger partial charge in [0.2, 0.25) is 5.91 Å². The van der Waals surface area contributed by atoms with E-state index in [-0.39, 0.29) is 35.5 Å². The van der Waals surface area contributed by atoms with Crippen molar-refractivity contribution in [3.63, 3.8) is 0 Å². The average molecular weight is 408 g/mol. The first kappa shape index (κ1) is 21.1. The minimum atomic E-state index is -0.306. The van der Waals surface area contributed by atoms with Crippen molar-refractivity contribution in [1.82, 2.24) is 15.1 Å². The van der Waals surface area contributed by atoms with Gasteiger partial charge in [-0.05, 0) is 59.0 Å². The average Bonchev–Trinajstić information content (AvgIpc) is 3.11. The van der Waals surface area contributed by atoms with E-state index < -0.39 is 0 Å². The third kappa shape index (κ3) is 4.67. The van der Waals surface area contributed by atoms with Crippen molar-refractivity contribution >= 4 is 23.6 Å². The molecule has 28 heavy (non-hydrogen) atoms. The molecule has 156 valence electrons. The fourth-order valence-electron chi connectivity index (χ4n) is 4.30. The highest BCUT2D eigenvalue weighted by Crippen LogP contribution is 2.31. The third-order valence-corrected chi connectivity index (χ3v) is 6.20. The van der Waals surface area contributed by atoms with Gasteiger partial charge in [0.15, 0.2) is 0 Å². The van der Waals surface area contributed by atoms with Crippen molar-refractivity contribution < 1.29 is 14.3 Å². The van der Waals surface area contributed by atoms with E-state index in [1.807, 2.05) is 25.7 Å². The number of nitrogens with one attached hydrogen (secondary N) is 1. The lowest BCUT2D eigenvalue weighted by Gasteiger charge is -2.41. The second kappa shape index (κ2) is 8.39. The Morgan fingerprint density at radius 2 is 1.89 bits per heavy atom. The Kier molecular flexibility index (Phi) is 6.32. The molecule has 3 aliphatic heterocycles. The number of piperidine rings is 1. The Bertz CT molecular complexity index is 675. The van der Waals surface area contributed by atoms with Crippen LogP contribution < -0.4 is 5.32 Å². The van der Waals surface area contributed by atoms with Crippen LogP contribution in [0, 0.1) is 0 Å². The smallest absolute Gasteiger partial charge is 0.250 e. The highest BCUT2D eigenvalue weighted by atomic mass is 32.2. The second-order valence-corrected chi connectivity index (χ2v) is 9.80. The van der Waals surface area contributed by atoms with Crippen molar-refractivity contribution in [1.29, 1.82) is 0 Å². The van der Waals surface area contributed by atoms with Gasteiger partial charge in [-0.15, -0.1) is 0 Å². The molecule has 2 atom stereocenters. The molecule has 0 bridgehead atoms. The maximum Gasteiger partial charge on any atom is 0.250 e. The number of amides is 2. The summed E-state index contributed by atoms with van der Waals surface area (Å²) in [6.07, 6.45) is 8.28. The van der Waals surface area contributed by atoms with Gasteiger partial charge in [-0.2, -0.15) is 11.8 Å². The van der Waals surface area contributed by atoms with E-state index in [0.29, 0.717) is 0 Å². The fraction of sp³-hybridized carbons (Fsp3) is 0.714. The number of ether oxygens (including phenoxy) is 1. The van der Waals surface area contributed by atoms with Crippen molar-refractivity contribution in [2.45, 2.75) is 70.7 Å². The number of rotatable bonds is 6. The summed E-state index contributed by atoms with van der Waals surface area (Å²) in [7, 11) is 0. The molecule has 1 fully saturated rings. The highest BCUT2D eigenvalue weighted by molar-refractivity contribution is 7.98. The number of likely N-dealkylation sites (tertiary alicyclic amines) is 1. The van der Waals surface area contributed by atoms with E-state index in [1.165, 1.54) is 0 Å². The molecule has 0 aliphatic carbocycles. The Labute approximate surface area is 172 Å². The molecule has 0 aromatic heterocycles. The van der Waals surface area contributed by atoms with Crippen LogP contribution in [0.3, 0.4) is 0 Å². The first-order valence-corrected chi connectivity index (χ1v) is 11.6. The molecule has 0 radical (unpaired) electrons. The van der Waals surface area contributed by atoms with E-state index in [4.69, 9.17) is 4.74 Å². The standard InChI is InChI=1S/C21H33N3O3S/c1-14-18(27-21(2,3)4)13-20(26)24(14)15-6-9-23(10-7-15)17-12-19(25)22-16(17)8-11-28-5/h12-16H,6-11H2,1-5H3,(H,22,25)/t14-,16-/m0/s1. The Hall–Kier alpha value is -1.63. The number of hydrogen-bond acceptors (Lipinski definition) is 5. The summed E-state index contributed by atoms with van der Waals surface area (Å²) < 4.78 is 6.00. The predicted octanol–water partition coefficient (Wildman–Crippen LogP) is 2.52. The zero-order valence-corrected chi connectivity index (χ0v) is 18.5. The highest BCUT2D eigenvalue weighted by Gasteiger charge is 2.39. The molecular formula is C21H33N3O3S. The Morgan fingerprint density at radius 3 is 2.50 bits per heavy atom. The van der Waals surface area contributed by atoms with Gasteiger partial charge < -0.3 is 19.9 Å². The van der Waals surface area contributed by atoms with E-state index in [2.05, 4.69) is 23.4 Å². The van der Waals surface area contributed by atoms with Crippen molar-refractivity contribution in [2.75, 3.05) is 25.1 Å². The third-order valence-electron chi connectivity index (χ3n) is 5.56. The molecule has 3 heterocycles. The van der Waals surface area contributed by atoms with Crippen molar-refractivity contribution in [2.24, 2.45) is 0 Å². The first-order chi connectivity index (χ1) is 13.2. The zero-order valence-electron chi connectivity index (χ0n) is 17.7. The normalized spacial score (nSPS) is 26.5. The summed E-state index contributed by atoms with van der Waals surface area (Å²) in [6, 6.07) is 0.315. The molecule has 2 amide bonds. The largest absolute Gasteiger partial charge is 0.490 e. The van der Waals surface area contributed by atoms with Gasteiger partial charge in [-0.25, -0.2) is 0 Å². The SMILES string of the molecule is CSCC[C@@H]1NC(=O)C=C1N1CCC(N2C(=O)C=C(OC(C)(C)C)[C@@H]2C)CC1. The van der Waals surface area contributed by atoms with Crippen LogP contribution in [0.25, 0.3) is 0 Å². The molecule has 3 aliphatic rings. The van der Waals surface area contributed by atoms with Crippen LogP contribution >= 0.6 is 11.8 Å². The van der Waals surface area contributed by atoms with Crippen LogP contribution in [0.4, 0.5) is 0 Å². The van der Waals surface area contributed by atoms with E-state index in [9.17, 15) is 9.59 Å². The summed E-state index contributed by atoms with van der Waals surface area (Å²) in [4.78, 5) is 28.8. The number of carbonyl (C=O) groups excluding carboxylic acids is 2. The van der Waals surface area contributed by atoms with Crippen LogP contribution in [-0.2, 0) is 14.3 Å². The molecule has 0 aromatic rings. The van der Waals surface area contributed by atoms with Gasteiger partial charge in [-0.3, -0.25) is 9.59 Å². The van der Waals surface area contributed by atoms with Gasteiger partial charge in [0, 0.05) is 37.0 Å². The summed E-state index contributed by atoms with van der Waals surface area (Å²) >= 11 is 1.80. The van der Waals surface area contributed by atoms with Crippen molar-refractivity contribution in [3.05, 3.63) is 23.6 Å². The second-order valence-electron chi connectivity index (χ2n) is 8.81. The maximum atomic E-state index is 12.6. The van der Waals surface area contributed by atoms with Gasteiger partial charge in [-0.1, -0.05) is 0 Å². The number of hydrogen-bond donors (Lipinski definition) is 1. The molecule has 7 heteroatoms. The van der Waals surface area contributed by atoms with Gasteiger partial charge in [0.25, 0.3) is 5.91 Å². The first-order valence-electron chi connectivity index (χ1n) is 10.2. The number of nitrogens with zero attached hydrogens (tertiary/aromatic N) is 2. The number of carbonyl (C=O) groups is 2. The number of thioether (sulfide) groups is 1. The topological polar surface area (TPSA) is 61.9 Å². The lowest BCUT2D eigenvalue weighted by molar-refractivity contribution is -0.129. The summed E-state index contributed by atoms with van der Waals surface area (Å²) in [5.41, 5.74) is 0.813. The van der Waals surface area contributed by atoms with Gasteiger partial charge in [0.05, 0.1) is 12.1 Å². The quantitative estimate of drug-likeness (QED) is 0.733. The molecule has 0 unspecified atom stereocenters. The van der Waals surface area contributed by atoms with Gasteiger partial charge in [0.1, 0.15) is 11.4 Å². The molecule has 1 saturated heterocycles. The summed E-state index contributed by atoms with van der Waals surface area (Å²) in [5.74, 6) is 1.87. The zero-order chi connectivity index (χ0) is 20.5. The molecular weight excluding hydrogens is 374 g/mol. The molecule has 1 N–H and O–H groups in total. The van der Waals surface area contributed by atoms with E-state index >= 15 is 0 Å². The van der Waals surface area contributed by atoms with Crippen LogP contribution in [0.1, 0.15) is 47.0 Å². The van der Waals surface area contributed by atoms with E-state index in [0.717, 1.165) is 49.6 Å². The lowest BCUT2D eigenvalue weighted by Crippen LogP contribution is -2.49. The Morgan fingerprint density at radius 1 is 1.21 bits per heavy atom. The molecule has 0 aromatic carbocycles. The van der Waals surface area contributed by atoms with Crippen LogP contribution in [0.2, 0.25) is 0 Å². The molecule has 6 nitrogen and oxygen atoms in total. The van der Waals surface area contributed by atoms with Crippen LogP contribution in [0.15, 0.2) is 23.6 Å². The van der Waals surface area contributed by atoms with Gasteiger partial charge >= 0.3 is 0 Å². The maximum absolute atomic E-state index is 12.6. The predicted molar refractivity (Wildman–Crippen MR) is 113 cm³/mol. The van der Waals surface area contributed by atoms with Crippen LogP contribution in [-0.4, -0.2) is 70.4 Å². The Balaban J connectivity index is 1.59. The van der Waals surface area contributed by atoms with Crippen molar-refractivity contribution in [3.8, 4) is 0 Å². The monoisotopic (exact) mass is 407 g/mol. The minimum Gasteiger partial charge on any atom is -0.490 e.